The van der Waals surface area contributed by atoms with Gasteiger partial charge in [-0.1, -0.05) is 6.07 Å². The van der Waals surface area contributed by atoms with Gasteiger partial charge in [0, 0.05) is 0 Å². The van der Waals surface area contributed by atoms with Gasteiger partial charge in [-0.3, -0.25) is 0 Å². The first-order chi connectivity index (χ1) is 7.31. The van der Waals surface area contributed by atoms with Gasteiger partial charge >= 0.3 is 0 Å². The summed E-state index contributed by atoms with van der Waals surface area (Å²) < 4.78 is 5.49. The highest BCUT2D eigenvalue weighted by Gasteiger charge is 2.17. The number of ether oxygens (including phenoxy) is 1. The van der Waals surface area contributed by atoms with Crippen LogP contribution in [-0.4, -0.2) is 23.7 Å². The average molecular weight is 242 g/mol. The fourth-order valence-corrected chi connectivity index (χ4v) is 4.41. The monoisotopic (exact) mass is 242 g/mol. The summed E-state index contributed by atoms with van der Waals surface area (Å²) in [5.74, 6) is 3.21. The van der Waals surface area contributed by atoms with Crippen molar-refractivity contribution in [2.24, 2.45) is 0 Å². The van der Waals surface area contributed by atoms with Gasteiger partial charge in [0.1, 0.15) is 0 Å². The second-order valence-corrected chi connectivity index (χ2v) is 6.08. The van der Waals surface area contributed by atoms with E-state index in [0.717, 1.165) is 0 Å². The fraction of sp³-hybridized carbons (Fsp3) is 0.455. The van der Waals surface area contributed by atoms with Crippen molar-refractivity contribution in [2.75, 3.05) is 18.6 Å². The Labute approximate surface area is 98.4 Å². The van der Waals surface area contributed by atoms with E-state index in [2.05, 4.69) is 0 Å². The highest BCUT2D eigenvalue weighted by atomic mass is 32.2. The molecule has 0 saturated carbocycles. The van der Waals surface area contributed by atoms with Crippen LogP contribution in [0.1, 0.15) is 16.6 Å². The van der Waals surface area contributed by atoms with E-state index in [-0.39, 0.29) is 5.75 Å². The van der Waals surface area contributed by atoms with Gasteiger partial charge in [-0.25, -0.2) is 0 Å². The van der Waals surface area contributed by atoms with E-state index in [9.17, 15) is 5.11 Å². The van der Waals surface area contributed by atoms with Crippen molar-refractivity contribution in [1.29, 1.82) is 0 Å². The summed E-state index contributed by atoms with van der Waals surface area (Å²) in [6.45, 7) is 0. The fourth-order valence-electron chi connectivity index (χ4n) is 1.53. The Morgan fingerprint density at radius 1 is 1.33 bits per heavy atom. The Hall–Kier alpha value is -0.480. The van der Waals surface area contributed by atoms with Crippen LogP contribution >= 0.6 is 23.5 Å². The molecule has 0 spiro atoms. The summed E-state index contributed by atoms with van der Waals surface area (Å²) in [5.41, 5.74) is 1.18. The molecule has 0 aliphatic carbocycles. The molecule has 0 amide bonds. The van der Waals surface area contributed by atoms with Gasteiger partial charge < -0.3 is 9.84 Å². The molecule has 1 fully saturated rings. The number of aromatic hydroxyl groups is 1. The number of benzene rings is 1. The lowest BCUT2D eigenvalue weighted by Crippen LogP contribution is -2.00. The zero-order chi connectivity index (χ0) is 10.7. The summed E-state index contributed by atoms with van der Waals surface area (Å²) >= 11 is 3.90. The average Bonchev–Trinajstić information content (AvgIpc) is 2.30. The van der Waals surface area contributed by atoms with Crippen molar-refractivity contribution in [1.82, 2.24) is 0 Å². The molecule has 0 radical (unpaired) electrons. The van der Waals surface area contributed by atoms with Crippen molar-refractivity contribution in [3.05, 3.63) is 23.8 Å². The number of thioether (sulfide) groups is 2. The van der Waals surface area contributed by atoms with E-state index in [0.29, 0.717) is 10.3 Å². The third kappa shape index (κ3) is 2.55. The minimum absolute atomic E-state index is 0.238. The molecule has 1 aromatic rings. The molecule has 0 unspecified atom stereocenters. The van der Waals surface area contributed by atoms with Crippen LogP contribution in [0.25, 0.3) is 0 Å². The van der Waals surface area contributed by atoms with E-state index >= 15 is 0 Å². The Kier molecular flexibility index (Phi) is 3.70. The molecule has 2 rings (SSSR count). The van der Waals surface area contributed by atoms with E-state index in [4.69, 9.17) is 4.74 Å². The summed E-state index contributed by atoms with van der Waals surface area (Å²) in [4.78, 5) is 0. The van der Waals surface area contributed by atoms with Crippen LogP contribution in [0.3, 0.4) is 0 Å². The Bertz CT molecular complexity index is 335. The highest BCUT2D eigenvalue weighted by Crippen LogP contribution is 2.45. The molecule has 2 nitrogen and oxygen atoms in total. The summed E-state index contributed by atoms with van der Waals surface area (Å²) in [5, 5.41) is 9.68. The highest BCUT2D eigenvalue weighted by molar-refractivity contribution is 8.16. The normalized spacial score (nSPS) is 17.7. The van der Waals surface area contributed by atoms with E-state index < -0.39 is 0 Å². The van der Waals surface area contributed by atoms with E-state index in [1.54, 1.807) is 7.11 Å². The molecular weight excluding hydrogens is 228 g/mol. The minimum Gasteiger partial charge on any atom is -0.504 e. The number of methoxy groups -OCH3 is 1. The predicted molar refractivity (Wildman–Crippen MR) is 66.9 cm³/mol. The lowest BCUT2D eigenvalue weighted by atomic mass is 10.2. The molecule has 0 atom stereocenters. The van der Waals surface area contributed by atoms with Crippen LogP contribution in [0, 0.1) is 0 Å². The number of phenols is 1. The van der Waals surface area contributed by atoms with Gasteiger partial charge in [0.2, 0.25) is 0 Å². The van der Waals surface area contributed by atoms with Gasteiger partial charge in [-0.05, 0) is 35.6 Å². The first-order valence-electron chi connectivity index (χ1n) is 4.91. The van der Waals surface area contributed by atoms with Gasteiger partial charge in [0.25, 0.3) is 0 Å². The third-order valence-corrected chi connectivity index (χ3v) is 5.32. The lowest BCUT2D eigenvalue weighted by molar-refractivity contribution is 0.373. The quantitative estimate of drug-likeness (QED) is 0.862. The zero-order valence-corrected chi connectivity index (χ0v) is 10.2. The third-order valence-electron chi connectivity index (χ3n) is 2.30. The SMILES string of the molecule is COc1ccc(C2SCCCS2)cc1O. The number of rotatable bonds is 2. The van der Waals surface area contributed by atoms with Crippen LogP contribution < -0.4 is 4.74 Å². The molecular formula is C11H14O2S2. The Balaban J connectivity index is 2.17. The molecule has 82 valence electrons. The van der Waals surface area contributed by atoms with Crippen molar-refractivity contribution in [3.63, 3.8) is 0 Å². The molecule has 0 bridgehead atoms. The molecule has 1 heterocycles. The number of hydrogen-bond donors (Lipinski definition) is 1. The zero-order valence-electron chi connectivity index (χ0n) is 8.60. The van der Waals surface area contributed by atoms with Crippen LogP contribution in [0.5, 0.6) is 11.5 Å². The van der Waals surface area contributed by atoms with Crippen molar-refractivity contribution >= 4 is 23.5 Å². The lowest BCUT2D eigenvalue weighted by Gasteiger charge is -2.21. The smallest absolute Gasteiger partial charge is 0.160 e. The van der Waals surface area contributed by atoms with Crippen LogP contribution in [-0.2, 0) is 0 Å². The molecule has 4 heteroatoms. The summed E-state index contributed by atoms with van der Waals surface area (Å²) in [6, 6.07) is 5.68. The minimum atomic E-state index is 0.238. The molecule has 1 aliphatic rings. The van der Waals surface area contributed by atoms with Crippen LogP contribution in [0.2, 0.25) is 0 Å². The van der Waals surface area contributed by atoms with Crippen LogP contribution in [0.4, 0.5) is 0 Å². The topological polar surface area (TPSA) is 29.5 Å². The first kappa shape index (κ1) is 11.0. The Morgan fingerprint density at radius 2 is 2.07 bits per heavy atom. The summed E-state index contributed by atoms with van der Waals surface area (Å²) in [7, 11) is 1.57. The second kappa shape index (κ2) is 5.03. The standard InChI is InChI=1S/C11H14O2S2/c1-13-10-4-3-8(7-9(10)12)11-14-5-2-6-15-11/h3-4,7,11-12H,2,5-6H2,1H3. The maximum atomic E-state index is 9.68. The molecule has 1 saturated heterocycles. The maximum Gasteiger partial charge on any atom is 0.160 e. The molecule has 0 aromatic heterocycles. The van der Waals surface area contributed by atoms with Crippen LogP contribution in [0.15, 0.2) is 18.2 Å². The molecule has 1 aromatic carbocycles. The van der Waals surface area contributed by atoms with Gasteiger partial charge in [-0.2, -0.15) is 0 Å². The molecule has 1 N–H and O–H groups in total. The molecule has 15 heavy (non-hydrogen) atoms. The predicted octanol–water partition coefficient (Wildman–Crippen LogP) is 3.27. The van der Waals surface area contributed by atoms with Crippen molar-refractivity contribution in [3.8, 4) is 11.5 Å². The van der Waals surface area contributed by atoms with E-state index in [1.807, 2.05) is 41.7 Å². The first-order valence-corrected chi connectivity index (χ1v) is 7.01. The second-order valence-electron chi connectivity index (χ2n) is 3.36. The van der Waals surface area contributed by atoms with E-state index in [1.165, 1.54) is 23.5 Å². The van der Waals surface area contributed by atoms with Crippen molar-refractivity contribution in [2.45, 2.75) is 11.0 Å². The maximum absolute atomic E-state index is 9.68. The largest absolute Gasteiger partial charge is 0.504 e. The summed E-state index contributed by atoms with van der Waals surface area (Å²) in [6.07, 6.45) is 1.29. The molecule has 1 aliphatic heterocycles. The van der Waals surface area contributed by atoms with Gasteiger partial charge in [0.15, 0.2) is 11.5 Å². The van der Waals surface area contributed by atoms with Crippen molar-refractivity contribution < 1.29 is 9.84 Å². The Morgan fingerprint density at radius 3 is 2.67 bits per heavy atom. The van der Waals surface area contributed by atoms with Gasteiger partial charge in [0.05, 0.1) is 11.7 Å². The number of hydrogen-bond acceptors (Lipinski definition) is 4. The number of phenolic OH excluding ortho intramolecular Hbond substituents is 1. The van der Waals surface area contributed by atoms with Gasteiger partial charge in [-0.15, -0.1) is 23.5 Å².